The minimum absolute atomic E-state index is 0.0591. The van der Waals surface area contributed by atoms with Crippen LogP contribution in [0.5, 0.6) is 0 Å². The van der Waals surface area contributed by atoms with Crippen LogP contribution in [0.25, 0.3) is 17.0 Å². The van der Waals surface area contributed by atoms with E-state index in [2.05, 4.69) is 10.1 Å². The molecule has 3 heterocycles. The topological polar surface area (TPSA) is 65.3 Å². The van der Waals surface area contributed by atoms with Crippen LogP contribution in [-0.2, 0) is 6.54 Å². The number of aromatic nitrogens is 4. The number of benzene rings is 1. The Morgan fingerprint density at radius 2 is 1.93 bits per heavy atom. The van der Waals surface area contributed by atoms with Crippen LogP contribution in [-0.4, -0.2) is 19.2 Å². The molecule has 1 fully saturated rings. The van der Waals surface area contributed by atoms with Gasteiger partial charge in [0.25, 0.3) is 5.56 Å². The van der Waals surface area contributed by atoms with E-state index in [-0.39, 0.29) is 5.56 Å². The molecular formula is C21H20N4O2. The molecule has 5 rings (SSSR count). The Kier molecular flexibility index (Phi) is 3.53. The van der Waals surface area contributed by atoms with Gasteiger partial charge in [0.05, 0.1) is 12.2 Å². The van der Waals surface area contributed by atoms with Crippen molar-refractivity contribution in [2.75, 3.05) is 0 Å². The standard InChI is InChI=1S/C21H20N4O2/c1-13-3-5-16(6-4-13)20-22-18(14(2)27-20)12-24-9-10-25-19(21(24)26)11-17(23-25)15-7-8-15/h3-6,9-11,15H,7-8,12H2,1-2H3. The van der Waals surface area contributed by atoms with Gasteiger partial charge in [-0.3, -0.25) is 4.79 Å². The van der Waals surface area contributed by atoms with Crippen molar-refractivity contribution in [3.63, 3.8) is 0 Å². The molecule has 6 nitrogen and oxygen atoms in total. The van der Waals surface area contributed by atoms with Gasteiger partial charge in [-0.25, -0.2) is 9.50 Å². The van der Waals surface area contributed by atoms with Crippen molar-refractivity contribution in [2.45, 2.75) is 39.2 Å². The Morgan fingerprint density at radius 3 is 2.67 bits per heavy atom. The summed E-state index contributed by atoms with van der Waals surface area (Å²) in [4.78, 5) is 17.5. The molecule has 27 heavy (non-hydrogen) atoms. The number of fused-ring (bicyclic) bond motifs is 1. The maximum absolute atomic E-state index is 12.9. The molecule has 6 heteroatoms. The predicted molar refractivity (Wildman–Crippen MR) is 102 cm³/mol. The van der Waals surface area contributed by atoms with E-state index in [0.717, 1.165) is 35.6 Å². The molecule has 1 aliphatic carbocycles. The minimum atomic E-state index is -0.0591. The van der Waals surface area contributed by atoms with E-state index >= 15 is 0 Å². The summed E-state index contributed by atoms with van der Waals surface area (Å²) in [6.07, 6.45) is 5.92. The van der Waals surface area contributed by atoms with E-state index in [1.807, 2.05) is 50.4 Å². The zero-order valence-electron chi connectivity index (χ0n) is 15.3. The van der Waals surface area contributed by atoms with Crippen LogP contribution in [0.1, 0.15) is 41.5 Å². The summed E-state index contributed by atoms with van der Waals surface area (Å²) in [6.45, 7) is 4.30. The minimum Gasteiger partial charge on any atom is -0.441 e. The zero-order chi connectivity index (χ0) is 18.5. The maximum Gasteiger partial charge on any atom is 0.276 e. The van der Waals surface area contributed by atoms with Crippen LogP contribution in [0.2, 0.25) is 0 Å². The summed E-state index contributed by atoms with van der Waals surface area (Å²) in [7, 11) is 0. The van der Waals surface area contributed by atoms with Gasteiger partial charge >= 0.3 is 0 Å². The van der Waals surface area contributed by atoms with Gasteiger partial charge < -0.3 is 8.98 Å². The lowest BCUT2D eigenvalue weighted by molar-refractivity contribution is 0.537. The van der Waals surface area contributed by atoms with E-state index in [4.69, 9.17) is 4.42 Å². The molecule has 0 N–H and O–H groups in total. The number of hydrogen-bond donors (Lipinski definition) is 0. The van der Waals surface area contributed by atoms with Crippen molar-refractivity contribution in [1.82, 2.24) is 19.2 Å². The molecule has 0 saturated heterocycles. The highest BCUT2D eigenvalue weighted by Gasteiger charge is 2.27. The molecule has 0 bridgehead atoms. The number of aryl methyl sites for hydroxylation is 2. The van der Waals surface area contributed by atoms with Crippen LogP contribution in [0.3, 0.4) is 0 Å². The van der Waals surface area contributed by atoms with E-state index in [9.17, 15) is 4.79 Å². The van der Waals surface area contributed by atoms with Gasteiger partial charge in [0, 0.05) is 23.9 Å². The van der Waals surface area contributed by atoms with Crippen molar-refractivity contribution < 1.29 is 4.42 Å². The third-order valence-electron chi connectivity index (χ3n) is 5.13. The Morgan fingerprint density at radius 1 is 1.15 bits per heavy atom. The summed E-state index contributed by atoms with van der Waals surface area (Å²) >= 11 is 0. The second-order valence-electron chi connectivity index (χ2n) is 7.29. The summed E-state index contributed by atoms with van der Waals surface area (Å²) in [6, 6.07) is 9.97. The molecular weight excluding hydrogens is 340 g/mol. The maximum atomic E-state index is 12.9. The average Bonchev–Trinajstić information content (AvgIpc) is 3.32. The smallest absolute Gasteiger partial charge is 0.276 e. The van der Waals surface area contributed by atoms with Crippen LogP contribution in [0.4, 0.5) is 0 Å². The first-order chi connectivity index (χ1) is 13.1. The summed E-state index contributed by atoms with van der Waals surface area (Å²) in [5, 5.41) is 4.52. The van der Waals surface area contributed by atoms with Gasteiger partial charge in [-0.2, -0.15) is 5.10 Å². The van der Waals surface area contributed by atoms with Gasteiger partial charge in [0.1, 0.15) is 17.0 Å². The fourth-order valence-electron chi connectivity index (χ4n) is 3.30. The second-order valence-corrected chi connectivity index (χ2v) is 7.29. The van der Waals surface area contributed by atoms with Gasteiger partial charge in [-0.05, 0) is 44.9 Å². The van der Waals surface area contributed by atoms with Crippen molar-refractivity contribution in [3.8, 4) is 11.5 Å². The second kappa shape index (κ2) is 5.94. The molecule has 1 aromatic carbocycles. The quantitative estimate of drug-likeness (QED) is 0.557. The number of hydrogen-bond acceptors (Lipinski definition) is 4. The van der Waals surface area contributed by atoms with Crippen LogP contribution >= 0.6 is 0 Å². The molecule has 3 aromatic heterocycles. The van der Waals surface area contributed by atoms with E-state index in [1.165, 1.54) is 5.56 Å². The molecule has 0 atom stereocenters. The molecule has 0 radical (unpaired) electrons. The summed E-state index contributed by atoms with van der Waals surface area (Å²) in [5.41, 5.74) is 4.45. The summed E-state index contributed by atoms with van der Waals surface area (Å²) < 4.78 is 9.18. The van der Waals surface area contributed by atoms with Crippen molar-refractivity contribution >= 4 is 5.52 Å². The van der Waals surface area contributed by atoms with Crippen molar-refractivity contribution in [1.29, 1.82) is 0 Å². The largest absolute Gasteiger partial charge is 0.441 e. The van der Waals surface area contributed by atoms with Gasteiger partial charge in [0.15, 0.2) is 0 Å². The third kappa shape index (κ3) is 2.87. The monoisotopic (exact) mass is 360 g/mol. The average molecular weight is 360 g/mol. The molecule has 0 amide bonds. The predicted octanol–water partition coefficient (Wildman–Crippen LogP) is 3.69. The highest BCUT2D eigenvalue weighted by atomic mass is 16.4. The highest BCUT2D eigenvalue weighted by molar-refractivity contribution is 5.54. The molecule has 136 valence electrons. The van der Waals surface area contributed by atoms with Crippen molar-refractivity contribution in [3.05, 3.63) is 75.8 Å². The molecule has 1 aliphatic rings. The Labute approximate surface area is 156 Å². The van der Waals surface area contributed by atoms with E-state index < -0.39 is 0 Å². The Balaban J connectivity index is 1.49. The Hall–Kier alpha value is -3.15. The lowest BCUT2D eigenvalue weighted by atomic mass is 10.1. The van der Waals surface area contributed by atoms with Crippen molar-refractivity contribution in [2.24, 2.45) is 0 Å². The number of oxazole rings is 1. The summed E-state index contributed by atoms with van der Waals surface area (Å²) in [5.74, 6) is 1.83. The third-order valence-corrected chi connectivity index (χ3v) is 5.13. The van der Waals surface area contributed by atoms with Crippen LogP contribution in [0.15, 0.2) is 51.9 Å². The fourth-order valence-corrected chi connectivity index (χ4v) is 3.30. The first kappa shape index (κ1) is 16.1. The van der Waals surface area contributed by atoms with Gasteiger partial charge in [-0.15, -0.1) is 0 Å². The molecule has 0 spiro atoms. The Bertz CT molecular complexity index is 1190. The van der Waals surface area contributed by atoms with E-state index in [0.29, 0.717) is 23.9 Å². The SMILES string of the molecule is Cc1ccc(-c2nc(Cn3ccn4nc(C5CC5)cc4c3=O)c(C)o2)cc1. The van der Waals surface area contributed by atoms with E-state index in [1.54, 1.807) is 15.3 Å². The van der Waals surface area contributed by atoms with Gasteiger partial charge in [0.2, 0.25) is 5.89 Å². The molecule has 0 aliphatic heterocycles. The molecule has 1 saturated carbocycles. The number of nitrogens with zero attached hydrogens (tertiary/aromatic N) is 4. The molecule has 0 unspecified atom stereocenters. The van der Waals surface area contributed by atoms with Crippen LogP contribution < -0.4 is 5.56 Å². The lowest BCUT2D eigenvalue weighted by Crippen LogP contribution is -2.22. The van der Waals surface area contributed by atoms with Crippen LogP contribution in [0, 0.1) is 13.8 Å². The van der Waals surface area contributed by atoms with Gasteiger partial charge in [-0.1, -0.05) is 17.7 Å². The highest BCUT2D eigenvalue weighted by Crippen LogP contribution is 2.39. The zero-order valence-corrected chi connectivity index (χ0v) is 15.3. The first-order valence-electron chi connectivity index (χ1n) is 9.20. The lowest BCUT2D eigenvalue weighted by Gasteiger charge is -2.04. The normalized spacial score (nSPS) is 14.1. The fraction of sp³-hybridized carbons (Fsp3) is 0.286. The number of rotatable bonds is 4. The molecule has 4 aromatic rings. The first-order valence-corrected chi connectivity index (χ1v) is 9.20.